The van der Waals surface area contributed by atoms with Crippen molar-refractivity contribution in [1.82, 2.24) is 9.97 Å². The molecule has 2 atom stereocenters. The van der Waals surface area contributed by atoms with E-state index in [0.29, 0.717) is 19.3 Å². The molecule has 4 nitrogen and oxygen atoms in total. The number of nitrogens with one attached hydrogen (secondary N) is 1. The molecule has 1 aromatic heterocycles. The summed E-state index contributed by atoms with van der Waals surface area (Å²) in [6.07, 6.45) is 0.108. The van der Waals surface area contributed by atoms with Crippen LogP contribution in [0.5, 0.6) is 0 Å². The van der Waals surface area contributed by atoms with Gasteiger partial charge in [0.15, 0.2) is 17.5 Å². The molecule has 1 aliphatic carbocycles. The zero-order valence-electron chi connectivity index (χ0n) is 11.8. The van der Waals surface area contributed by atoms with Crippen molar-refractivity contribution in [3.8, 4) is 0 Å². The van der Waals surface area contributed by atoms with E-state index in [9.17, 15) is 17.6 Å². The predicted octanol–water partition coefficient (Wildman–Crippen LogP) is 3.24. The highest BCUT2D eigenvalue weighted by Gasteiger charge is 2.31. The molecule has 0 spiro atoms. The van der Waals surface area contributed by atoms with Crippen LogP contribution in [0.3, 0.4) is 0 Å². The zero-order chi connectivity index (χ0) is 16.0. The first-order chi connectivity index (χ1) is 10.4. The lowest BCUT2D eigenvalue weighted by Gasteiger charge is -2.18. The van der Waals surface area contributed by atoms with Gasteiger partial charge in [0, 0.05) is 0 Å². The van der Waals surface area contributed by atoms with Gasteiger partial charge in [-0.1, -0.05) is 0 Å². The Morgan fingerprint density at radius 2 is 1.82 bits per heavy atom. The molecule has 3 rings (SSSR count). The number of nitrogens with two attached hydrogens (primary N) is 1. The van der Waals surface area contributed by atoms with Gasteiger partial charge in [0.05, 0.1) is 11.4 Å². The average molecular weight is 314 g/mol. The molecule has 1 aliphatic rings. The maximum Gasteiger partial charge on any atom is 0.185 e. The van der Waals surface area contributed by atoms with Crippen molar-refractivity contribution in [2.45, 2.75) is 38.4 Å². The summed E-state index contributed by atoms with van der Waals surface area (Å²) in [4.78, 5) is 7.49. The van der Waals surface area contributed by atoms with E-state index in [-0.39, 0.29) is 11.6 Å². The van der Waals surface area contributed by atoms with Gasteiger partial charge in [-0.2, -0.15) is 0 Å². The fraction of sp³-hybridized carbons (Fsp3) is 0.429. The van der Waals surface area contributed by atoms with E-state index in [0.717, 1.165) is 0 Å². The molecule has 0 radical (unpaired) electrons. The Morgan fingerprint density at radius 1 is 1.09 bits per heavy atom. The summed E-state index contributed by atoms with van der Waals surface area (Å²) in [6.45, 7) is 1.46. The summed E-state index contributed by atoms with van der Waals surface area (Å²) in [5.74, 6) is -4.09. The second-order valence-corrected chi connectivity index (χ2v) is 5.39. The third kappa shape index (κ3) is 2.22. The minimum absolute atomic E-state index is 0.130. The number of aromatic nitrogens is 2. The van der Waals surface area contributed by atoms with E-state index in [1.54, 1.807) is 0 Å². The SMILES string of the molecule is Cc1nc(N)c2c(F)c(F)c(NC3CCCC3F)c(F)c2n1. The van der Waals surface area contributed by atoms with Crippen LogP contribution in [0.15, 0.2) is 0 Å². The van der Waals surface area contributed by atoms with Gasteiger partial charge >= 0.3 is 0 Å². The largest absolute Gasteiger partial charge is 0.383 e. The van der Waals surface area contributed by atoms with Gasteiger partial charge in [-0.25, -0.2) is 27.5 Å². The fourth-order valence-electron chi connectivity index (χ4n) is 2.79. The Kier molecular flexibility index (Phi) is 3.54. The van der Waals surface area contributed by atoms with Crippen LogP contribution in [0.25, 0.3) is 10.9 Å². The maximum atomic E-state index is 14.5. The molecule has 1 fully saturated rings. The van der Waals surface area contributed by atoms with Gasteiger partial charge < -0.3 is 11.1 Å². The van der Waals surface area contributed by atoms with E-state index >= 15 is 0 Å². The molecule has 2 unspecified atom stereocenters. The maximum absolute atomic E-state index is 14.5. The van der Waals surface area contributed by atoms with E-state index in [4.69, 9.17) is 5.73 Å². The molecule has 0 amide bonds. The third-order valence-corrected chi connectivity index (χ3v) is 3.87. The number of fused-ring (bicyclic) bond motifs is 1. The van der Waals surface area contributed by atoms with Crippen LogP contribution < -0.4 is 11.1 Å². The number of nitrogen functional groups attached to an aromatic ring is 1. The van der Waals surface area contributed by atoms with Crippen molar-refractivity contribution in [2.24, 2.45) is 0 Å². The van der Waals surface area contributed by atoms with E-state index < -0.39 is 46.3 Å². The van der Waals surface area contributed by atoms with Gasteiger partial charge in [-0.05, 0) is 26.2 Å². The quantitative estimate of drug-likeness (QED) is 0.660. The Morgan fingerprint density at radius 3 is 2.45 bits per heavy atom. The predicted molar refractivity (Wildman–Crippen MR) is 74.7 cm³/mol. The molecule has 8 heteroatoms. The second-order valence-electron chi connectivity index (χ2n) is 5.39. The standard InChI is InChI=1S/C14H14F4N4/c1-5-20-12-8(14(19)21-5)9(16)10(17)13(11(12)18)22-7-4-2-3-6(7)15/h6-7,22H,2-4H2,1H3,(H2,19,20,21). The number of nitrogens with zero attached hydrogens (tertiary/aromatic N) is 2. The van der Waals surface area contributed by atoms with Crippen molar-refractivity contribution in [3.05, 3.63) is 23.3 Å². The minimum atomic E-state index is -1.44. The van der Waals surface area contributed by atoms with Crippen molar-refractivity contribution >= 4 is 22.4 Å². The first-order valence-corrected chi connectivity index (χ1v) is 6.91. The van der Waals surface area contributed by atoms with Crippen molar-refractivity contribution in [2.75, 3.05) is 11.1 Å². The van der Waals surface area contributed by atoms with Gasteiger partial charge in [-0.3, -0.25) is 0 Å². The summed E-state index contributed by atoms with van der Waals surface area (Å²) in [7, 11) is 0. The molecule has 1 heterocycles. The Labute approximate surface area is 123 Å². The van der Waals surface area contributed by atoms with Crippen LogP contribution in [-0.2, 0) is 0 Å². The number of halogens is 4. The normalized spacial score (nSPS) is 21.5. The Balaban J connectivity index is 2.18. The summed E-state index contributed by atoms with van der Waals surface area (Å²) in [5.41, 5.74) is 4.40. The van der Waals surface area contributed by atoms with Crippen LogP contribution in [0.1, 0.15) is 25.1 Å². The van der Waals surface area contributed by atoms with Gasteiger partial charge in [0.25, 0.3) is 0 Å². The summed E-state index contributed by atoms with van der Waals surface area (Å²) in [6, 6.07) is -0.749. The monoisotopic (exact) mass is 314 g/mol. The van der Waals surface area contributed by atoms with Crippen LogP contribution in [0.4, 0.5) is 29.1 Å². The highest BCUT2D eigenvalue weighted by atomic mass is 19.2. The van der Waals surface area contributed by atoms with E-state index in [1.165, 1.54) is 6.92 Å². The molecule has 2 aromatic rings. The number of hydrogen-bond donors (Lipinski definition) is 2. The molecule has 22 heavy (non-hydrogen) atoms. The molecular formula is C14H14F4N4. The molecule has 0 aliphatic heterocycles. The van der Waals surface area contributed by atoms with E-state index in [1.807, 2.05) is 0 Å². The second kappa shape index (κ2) is 5.26. The number of benzene rings is 1. The van der Waals surface area contributed by atoms with Gasteiger partial charge in [0.2, 0.25) is 0 Å². The highest BCUT2D eigenvalue weighted by molar-refractivity contribution is 5.91. The number of alkyl halides is 1. The zero-order valence-corrected chi connectivity index (χ0v) is 11.8. The molecule has 3 N–H and O–H groups in total. The first kappa shape index (κ1) is 14.8. The smallest absolute Gasteiger partial charge is 0.185 e. The lowest BCUT2D eigenvalue weighted by Crippen LogP contribution is -2.26. The molecule has 1 saturated carbocycles. The molecule has 0 bridgehead atoms. The molecular weight excluding hydrogens is 300 g/mol. The topological polar surface area (TPSA) is 63.8 Å². The number of anilines is 2. The molecule has 1 aromatic carbocycles. The van der Waals surface area contributed by atoms with Crippen molar-refractivity contribution < 1.29 is 17.6 Å². The molecule has 0 saturated heterocycles. The van der Waals surface area contributed by atoms with Crippen LogP contribution >= 0.6 is 0 Å². The molecule has 118 valence electrons. The van der Waals surface area contributed by atoms with Crippen molar-refractivity contribution in [1.29, 1.82) is 0 Å². The number of hydrogen-bond acceptors (Lipinski definition) is 4. The Hall–Kier alpha value is -2.12. The first-order valence-electron chi connectivity index (χ1n) is 6.91. The summed E-state index contributed by atoms with van der Waals surface area (Å²) >= 11 is 0. The average Bonchev–Trinajstić information content (AvgIpc) is 2.86. The van der Waals surface area contributed by atoms with Crippen LogP contribution in [-0.4, -0.2) is 22.2 Å². The lowest BCUT2D eigenvalue weighted by molar-refractivity contribution is 0.322. The van der Waals surface area contributed by atoms with E-state index in [2.05, 4.69) is 15.3 Å². The fourth-order valence-corrected chi connectivity index (χ4v) is 2.79. The number of aryl methyl sites for hydroxylation is 1. The van der Waals surface area contributed by atoms with Gasteiger partial charge in [-0.15, -0.1) is 0 Å². The van der Waals surface area contributed by atoms with Crippen LogP contribution in [0, 0.1) is 24.4 Å². The Bertz CT molecular complexity index is 750. The van der Waals surface area contributed by atoms with Crippen molar-refractivity contribution in [3.63, 3.8) is 0 Å². The minimum Gasteiger partial charge on any atom is -0.383 e. The third-order valence-electron chi connectivity index (χ3n) is 3.87. The summed E-state index contributed by atoms with van der Waals surface area (Å²) < 4.78 is 56.5. The van der Waals surface area contributed by atoms with Crippen LogP contribution in [0.2, 0.25) is 0 Å². The lowest BCUT2D eigenvalue weighted by atomic mass is 10.1. The highest BCUT2D eigenvalue weighted by Crippen LogP contribution is 2.34. The summed E-state index contributed by atoms with van der Waals surface area (Å²) in [5, 5.41) is 1.93. The van der Waals surface area contributed by atoms with Gasteiger partial charge in [0.1, 0.15) is 29.0 Å². The number of rotatable bonds is 2.